The summed E-state index contributed by atoms with van der Waals surface area (Å²) in [4.78, 5) is 10.6. The lowest BCUT2D eigenvalue weighted by Gasteiger charge is -1.88. The second kappa shape index (κ2) is 2.51. The Bertz CT molecular complexity index is 284. The van der Waals surface area contributed by atoms with E-state index in [1.165, 1.54) is 4.57 Å². The molecule has 10 heavy (non-hydrogen) atoms. The second-order valence-corrected chi connectivity index (χ2v) is 1.92. The van der Waals surface area contributed by atoms with Gasteiger partial charge in [0.1, 0.15) is 0 Å². The van der Waals surface area contributed by atoms with E-state index < -0.39 is 5.76 Å². The molecule has 0 radical (unpaired) electrons. The van der Waals surface area contributed by atoms with Gasteiger partial charge in [0.05, 0.1) is 0 Å². The molecular weight excluding hydrogens is 132 g/mol. The molecule has 0 aliphatic heterocycles. The third-order valence-electron chi connectivity index (χ3n) is 1.22. The van der Waals surface area contributed by atoms with Crippen molar-refractivity contribution in [3.05, 3.63) is 29.0 Å². The van der Waals surface area contributed by atoms with Gasteiger partial charge in [-0.15, -0.1) is 6.58 Å². The molecule has 1 aromatic heterocycles. The lowest BCUT2D eigenvalue weighted by atomic mass is 10.4. The summed E-state index contributed by atoms with van der Waals surface area (Å²) in [7, 11) is 1.61. The molecule has 1 rings (SSSR count). The number of rotatable bonds is 2. The molecule has 0 aliphatic rings. The maximum Gasteiger partial charge on any atom is 0.441 e. The van der Waals surface area contributed by atoms with Gasteiger partial charge in [-0.05, 0) is 0 Å². The Morgan fingerprint density at radius 1 is 1.90 bits per heavy atom. The van der Waals surface area contributed by atoms with E-state index in [1.54, 1.807) is 13.1 Å². The van der Waals surface area contributed by atoms with E-state index in [1.807, 2.05) is 0 Å². The monoisotopic (exact) mass is 140 g/mol. The molecule has 0 atom stereocenters. The van der Waals surface area contributed by atoms with E-state index in [0.717, 1.165) is 0 Å². The smallest absolute Gasteiger partial charge is 0.296 e. The van der Waals surface area contributed by atoms with E-state index in [0.29, 0.717) is 12.2 Å². The van der Waals surface area contributed by atoms with Crippen LogP contribution in [-0.2, 0) is 13.5 Å². The molecular formula is C6H8N2O2. The SMILES string of the molecule is C=CCc1noc(=O)n1C. The third kappa shape index (κ3) is 1.00. The van der Waals surface area contributed by atoms with Gasteiger partial charge in [-0.25, -0.2) is 4.79 Å². The Morgan fingerprint density at radius 3 is 3.00 bits per heavy atom. The maximum atomic E-state index is 10.6. The Morgan fingerprint density at radius 2 is 2.60 bits per heavy atom. The van der Waals surface area contributed by atoms with Gasteiger partial charge in [0, 0.05) is 13.5 Å². The highest BCUT2D eigenvalue weighted by Crippen LogP contribution is 1.89. The van der Waals surface area contributed by atoms with Crippen molar-refractivity contribution in [1.29, 1.82) is 0 Å². The van der Waals surface area contributed by atoms with Crippen molar-refractivity contribution in [3.8, 4) is 0 Å². The van der Waals surface area contributed by atoms with E-state index in [2.05, 4.69) is 16.3 Å². The van der Waals surface area contributed by atoms with Gasteiger partial charge in [0.2, 0.25) is 0 Å². The van der Waals surface area contributed by atoms with Gasteiger partial charge in [-0.3, -0.25) is 9.09 Å². The Hall–Kier alpha value is -1.32. The van der Waals surface area contributed by atoms with Crippen LogP contribution in [0.3, 0.4) is 0 Å². The molecule has 0 saturated carbocycles. The van der Waals surface area contributed by atoms with Crippen LogP contribution in [0.1, 0.15) is 5.82 Å². The lowest BCUT2D eigenvalue weighted by Crippen LogP contribution is -2.11. The summed E-state index contributed by atoms with van der Waals surface area (Å²) in [6, 6.07) is 0. The van der Waals surface area contributed by atoms with Crippen LogP contribution in [0, 0.1) is 0 Å². The second-order valence-electron chi connectivity index (χ2n) is 1.92. The normalized spacial score (nSPS) is 9.70. The first-order valence-electron chi connectivity index (χ1n) is 2.88. The fourth-order valence-corrected chi connectivity index (χ4v) is 0.623. The van der Waals surface area contributed by atoms with Gasteiger partial charge in [-0.2, -0.15) is 0 Å². The van der Waals surface area contributed by atoms with Crippen LogP contribution in [0.2, 0.25) is 0 Å². The largest absolute Gasteiger partial charge is 0.441 e. The number of aromatic nitrogens is 2. The van der Waals surface area contributed by atoms with Gasteiger partial charge < -0.3 is 0 Å². The highest BCUT2D eigenvalue weighted by Gasteiger charge is 2.02. The van der Waals surface area contributed by atoms with E-state index in [-0.39, 0.29) is 0 Å². The zero-order valence-electron chi connectivity index (χ0n) is 5.70. The quantitative estimate of drug-likeness (QED) is 0.547. The van der Waals surface area contributed by atoms with E-state index >= 15 is 0 Å². The van der Waals surface area contributed by atoms with Gasteiger partial charge in [-0.1, -0.05) is 11.2 Å². The molecule has 0 unspecified atom stereocenters. The van der Waals surface area contributed by atoms with Crippen LogP contribution in [0.4, 0.5) is 0 Å². The molecule has 1 aromatic rings. The molecule has 1 heterocycles. The average molecular weight is 140 g/mol. The molecule has 0 saturated heterocycles. The summed E-state index contributed by atoms with van der Waals surface area (Å²) in [5, 5.41) is 3.51. The molecule has 0 fully saturated rings. The Labute approximate surface area is 57.8 Å². The van der Waals surface area contributed by atoms with Crippen LogP contribution in [0.15, 0.2) is 22.0 Å². The molecule has 54 valence electrons. The Kier molecular flexibility index (Phi) is 1.71. The summed E-state index contributed by atoms with van der Waals surface area (Å²) in [6.45, 7) is 3.51. The van der Waals surface area contributed by atoms with Crippen LogP contribution >= 0.6 is 0 Å². The summed E-state index contributed by atoms with van der Waals surface area (Å²) >= 11 is 0. The van der Waals surface area contributed by atoms with Crippen molar-refractivity contribution >= 4 is 0 Å². The first kappa shape index (κ1) is 6.80. The van der Waals surface area contributed by atoms with Crippen molar-refractivity contribution in [2.45, 2.75) is 6.42 Å². The highest BCUT2D eigenvalue weighted by atomic mass is 16.5. The van der Waals surface area contributed by atoms with E-state index in [4.69, 9.17) is 0 Å². The predicted molar refractivity (Wildman–Crippen MR) is 35.6 cm³/mol. The van der Waals surface area contributed by atoms with Crippen LogP contribution in [-0.4, -0.2) is 9.72 Å². The molecule has 0 N–H and O–H groups in total. The topological polar surface area (TPSA) is 48.0 Å². The van der Waals surface area contributed by atoms with Gasteiger partial charge in [0.15, 0.2) is 5.82 Å². The first-order valence-corrected chi connectivity index (χ1v) is 2.88. The molecule has 0 spiro atoms. The van der Waals surface area contributed by atoms with Gasteiger partial charge in [0.25, 0.3) is 0 Å². The van der Waals surface area contributed by atoms with Crippen molar-refractivity contribution in [2.75, 3.05) is 0 Å². The number of allylic oxidation sites excluding steroid dienone is 1. The minimum atomic E-state index is -0.433. The number of hydrogen-bond donors (Lipinski definition) is 0. The summed E-state index contributed by atoms with van der Waals surface area (Å²) in [6.07, 6.45) is 2.22. The third-order valence-corrected chi connectivity index (χ3v) is 1.22. The van der Waals surface area contributed by atoms with Crippen molar-refractivity contribution < 1.29 is 4.52 Å². The number of nitrogens with zero attached hydrogens (tertiary/aromatic N) is 2. The van der Waals surface area contributed by atoms with Gasteiger partial charge >= 0.3 is 5.76 Å². The number of hydrogen-bond acceptors (Lipinski definition) is 3. The van der Waals surface area contributed by atoms with Crippen LogP contribution < -0.4 is 5.76 Å². The summed E-state index contributed by atoms with van der Waals surface area (Å²) in [5.74, 6) is 0.164. The minimum absolute atomic E-state index is 0.433. The molecule has 0 bridgehead atoms. The predicted octanol–water partition coefficient (Wildman–Crippen LogP) is 0.102. The standard InChI is InChI=1S/C6H8N2O2/c1-3-4-5-7-10-6(9)8(5)2/h3H,1,4H2,2H3. The molecule has 4 nitrogen and oxygen atoms in total. The summed E-state index contributed by atoms with van der Waals surface area (Å²) in [5.41, 5.74) is 0. The first-order chi connectivity index (χ1) is 4.75. The highest BCUT2D eigenvalue weighted by molar-refractivity contribution is 4.90. The Balaban J connectivity index is 3.05. The van der Waals surface area contributed by atoms with Crippen LogP contribution in [0.5, 0.6) is 0 Å². The molecule has 0 amide bonds. The zero-order chi connectivity index (χ0) is 7.56. The van der Waals surface area contributed by atoms with Crippen molar-refractivity contribution in [3.63, 3.8) is 0 Å². The molecule has 0 aromatic carbocycles. The van der Waals surface area contributed by atoms with Crippen molar-refractivity contribution in [1.82, 2.24) is 9.72 Å². The minimum Gasteiger partial charge on any atom is -0.296 e. The van der Waals surface area contributed by atoms with E-state index in [9.17, 15) is 4.79 Å². The average Bonchev–Trinajstić information content (AvgIpc) is 2.20. The maximum absolute atomic E-state index is 10.6. The zero-order valence-corrected chi connectivity index (χ0v) is 5.70. The fourth-order valence-electron chi connectivity index (χ4n) is 0.623. The lowest BCUT2D eigenvalue weighted by molar-refractivity contribution is 0.377. The molecule has 4 heteroatoms. The summed E-state index contributed by atoms with van der Waals surface area (Å²) < 4.78 is 5.71. The molecule has 0 aliphatic carbocycles. The van der Waals surface area contributed by atoms with Crippen molar-refractivity contribution in [2.24, 2.45) is 7.05 Å². The fraction of sp³-hybridized carbons (Fsp3) is 0.333. The van der Waals surface area contributed by atoms with Crippen LogP contribution in [0.25, 0.3) is 0 Å².